The number of hydrogen-bond donors (Lipinski definition) is 1. The van der Waals surface area contributed by atoms with Gasteiger partial charge in [0, 0.05) is 38.3 Å². The van der Waals surface area contributed by atoms with Gasteiger partial charge in [0.1, 0.15) is 6.54 Å². The van der Waals surface area contributed by atoms with Crippen molar-refractivity contribution in [2.75, 3.05) is 39.3 Å². The first-order chi connectivity index (χ1) is 11.9. The van der Waals surface area contributed by atoms with Crippen LogP contribution in [0.4, 0.5) is 8.78 Å². The number of carbonyl (C=O) groups excluding carboxylic acids is 2. The van der Waals surface area contributed by atoms with Gasteiger partial charge < -0.3 is 15.1 Å². The summed E-state index contributed by atoms with van der Waals surface area (Å²) in [5.74, 6) is -2.29. The number of hydrogen-bond acceptors (Lipinski definition) is 3. The molecular formula is C18H25F2N3O2. The van der Waals surface area contributed by atoms with Crippen LogP contribution in [0.5, 0.6) is 0 Å². The van der Waals surface area contributed by atoms with Crippen LogP contribution in [0.3, 0.4) is 0 Å². The first-order valence-corrected chi connectivity index (χ1v) is 8.61. The highest BCUT2D eigenvalue weighted by Gasteiger charge is 2.24. The van der Waals surface area contributed by atoms with Crippen LogP contribution in [0.2, 0.25) is 0 Å². The van der Waals surface area contributed by atoms with Crippen molar-refractivity contribution in [2.45, 2.75) is 20.3 Å². The predicted octanol–water partition coefficient (Wildman–Crippen LogP) is 1.88. The summed E-state index contributed by atoms with van der Waals surface area (Å²) in [7, 11) is 0. The first kappa shape index (κ1) is 19.3. The fraction of sp³-hybridized carbons (Fsp3) is 0.556. The van der Waals surface area contributed by atoms with E-state index in [2.05, 4.69) is 5.32 Å². The lowest BCUT2D eigenvalue weighted by Gasteiger charge is -2.30. The third kappa shape index (κ3) is 5.49. The lowest BCUT2D eigenvalue weighted by atomic mass is 10.1. The van der Waals surface area contributed by atoms with Crippen molar-refractivity contribution >= 4 is 11.8 Å². The number of halogens is 2. The molecule has 0 spiro atoms. The normalized spacial score (nSPS) is 14.7. The number of benzene rings is 1. The zero-order valence-corrected chi connectivity index (χ0v) is 14.7. The van der Waals surface area contributed by atoms with Crippen molar-refractivity contribution in [1.29, 1.82) is 0 Å². The summed E-state index contributed by atoms with van der Waals surface area (Å²) in [5, 5.41) is 3.17. The molecule has 0 aliphatic carbocycles. The molecule has 0 saturated carbocycles. The molecule has 1 aliphatic rings. The number of piperazine rings is 1. The quantitative estimate of drug-likeness (QED) is 0.850. The van der Waals surface area contributed by atoms with Gasteiger partial charge in [-0.1, -0.05) is 13.8 Å². The second kappa shape index (κ2) is 8.89. The topological polar surface area (TPSA) is 52.7 Å². The molecule has 1 heterocycles. The van der Waals surface area contributed by atoms with Gasteiger partial charge in [0.05, 0.1) is 0 Å². The molecule has 0 radical (unpaired) electrons. The standard InChI is InChI=1S/C18H25F2N3O2/c1-13(2)5-8-23(12-17(24)22-9-6-21-7-10-22)18(25)14-3-4-15(19)16(20)11-14/h3-4,11,13,21H,5-10,12H2,1-2H3. The second-order valence-corrected chi connectivity index (χ2v) is 6.67. The number of rotatable bonds is 6. The van der Waals surface area contributed by atoms with Crippen molar-refractivity contribution in [3.8, 4) is 0 Å². The van der Waals surface area contributed by atoms with Crippen molar-refractivity contribution < 1.29 is 18.4 Å². The minimum Gasteiger partial charge on any atom is -0.339 e. The summed E-state index contributed by atoms with van der Waals surface area (Å²) in [6.07, 6.45) is 0.726. The van der Waals surface area contributed by atoms with E-state index in [1.807, 2.05) is 13.8 Å². The Bertz CT molecular complexity index is 616. The van der Waals surface area contributed by atoms with Crippen LogP contribution in [-0.4, -0.2) is 60.9 Å². The largest absolute Gasteiger partial charge is 0.339 e. The smallest absolute Gasteiger partial charge is 0.254 e. The molecule has 1 N–H and O–H groups in total. The summed E-state index contributed by atoms with van der Waals surface area (Å²) < 4.78 is 26.5. The maximum atomic E-state index is 13.4. The number of nitrogens with zero attached hydrogens (tertiary/aromatic N) is 2. The third-order valence-corrected chi connectivity index (χ3v) is 4.23. The van der Waals surface area contributed by atoms with Crippen LogP contribution < -0.4 is 5.32 Å². The number of nitrogens with one attached hydrogen (secondary N) is 1. The maximum Gasteiger partial charge on any atom is 0.254 e. The van der Waals surface area contributed by atoms with E-state index in [0.717, 1.165) is 31.6 Å². The molecular weight excluding hydrogens is 328 g/mol. The summed E-state index contributed by atoms with van der Waals surface area (Å²) in [6, 6.07) is 3.06. The van der Waals surface area contributed by atoms with Crippen LogP contribution in [0.15, 0.2) is 18.2 Å². The van der Waals surface area contributed by atoms with E-state index < -0.39 is 17.5 Å². The van der Waals surface area contributed by atoms with Gasteiger partial charge in [0.2, 0.25) is 5.91 Å². The van der Waals surface area contributed by atoms with Crippen LogP contribution in [-0.2, 0) is 4.79 Å². The Labute approximate surface area is 147 Å². The highest BCUT2D eigenvalue weighted by molar-refractivity contribution is 5.96. The second-order valence-electron chi connectivity index (χ2n) is 6.67. The average Bonchev–Trinajstić information content (AvgIpc) is 2.60. The molecule has 1 aromatic rings. The molecule has 2 amide bonds. The number of amides is 2. The highest BCUT2D eigenvalue weighted by atomic mass is 19.2. The van der Waals surface area contributed by atoms with Gasteiger partial charge in [-0.25, -0.2) is 8.78 Å². The predicted molar refractivity (Wildman–Crippen MR) is 91.2 cm³/mol. The molecule has 25 heavy (non-hydrogen) atoms. The first-order valence-electron chi connectivity index (χ1n) is 8.61. The Morgan fingerprint density at radius 3 is 2.48 bits per heavy atom. The molecule has 1 aliphatic heterocycles. The zero-order chi connectivity index (χ0) is 18.4. The Hall–Kier alpha value is -2.02. The van der Waals surface area contributed by atoms with Crippen molar-refractivity contribution in [1.82, 2.24) is 15.1 Å². The Kier molecular flexibility index (Phi) is 6.87. The van der Waals surface area contributed by atoms with Gasteiger partial charge in [0.25, 0.3) is 5.91 Å². The molecule has 138 valence electrons. The SMILES string of the molecule is CC(C)CCN(CC(=O)N1CCNCC1)C(=O)c1ccc(F)c(F)c1. The van der Waals surface area contributed by atoms with Gasteiger partial charge in [-0.3, -0.25) is 9.59 Å². The van der Waals surface area contributed by atoms with Crippen LogP contribution in [0.25, 0.3) is 0 Å². The fourth-order valence-electron chi connectivity index (χ4n) is 2.66. The molecule has 0 atom stereocenters. The van der Waals surface area contributed by atoms with Gasteiger partial charge >= 0.3 is 0 Å². The fourth-order valence-corrected chi connectivity index (χ4v) is 2.66. The van der Waals surface area contributed by atoms with Crippen LogP contribution >= 0.6 is 0 Å². The lowest BCUT2D eigenvalue weighted by Crippen LogP contribution is -2.50. The zero-order valence-electron chi connectivity index (χ0n) is 14.7. The van der Waals surface area contributed by atoms with E-state index in [9.17, 15) is 18.4 Å². The van der Waals surface area contributed by atoms with Gasteiger partial charge in [-0.2, -0.15) is 0 Å². The molecule has 5 nitrogen and oxygen atoms in total. The molecule has 0 bridgehead atoms. The average molecular weight is 353 g/mol. The molecule has 1 saturated heterocycles. The van der Waals surface area contributed by atoms with Crippen molar-refractivity contribution in [3.05, 3.63) is 35.4 Å². The van der Waals surface area contributed by atoms with E-state index >= 15 is 0 Å². The minimum atomic E-state index is -1.07. The van der Waals surface area contributed by atoms with Crippen LogP contribution in [0.1, 0.15) is 30.6 Å². The Balaban J connectivity index is 2.11. The summed E-state index contributed by atoms with van der Waals surface area (Å²) in [5.41, 5.74) is 0.0516. The minimum absolute atomic E-state index is 0.0510. The van der Waals surface area contributed by atoms with Gasteiger partial charge in [0.15, 0.2) is 11.6 Å². The molecule has 7 heteroatoms. The monoisotopic (exact) mass is 353 g/mol. The van der Waals surface area contributed by atoms with Gasteiger partial charge in [-0.05, 0) is 30.5 Å². The lowest BCUT2D eigenvalue weighted by molar-refractivity contribution is -0.132. The number of carbonyl (C=O) groups is 2. The highest BCUT2D eigenvalue weighted by Crippen LogP contribution is 2.13. The Morgan fingerprint density at radius 2 is 1.88 bits per heavy atom. The van der Waals surface area contributed by atoms with E-state index in [1.54, 1.807) is 4.90 Å². The van der Waals surface area contributed by atoms with E-state index in [0.29, 0.717) is 25.6 Å². The molecule has 2 rings (SSSR count). The summed E-state index contributed by atoms with van der Waals surface area (Å²) in [4.78, 5) is 28.3. The summed E-state index contributed by atoms with van der Waals surface area (Å²) >= 11 is 0. The van der Waals surface area contributed by atoms with Crippen LogP contribution in [0, 0.1) is 17.6 Å². The van der Waals surface area contributed by atoms with Crippen molar-refractivity contribution in [2.24, 2.45) is 5.92 Å². The molecule has 0 unspecified atom stereocenters. The van der Waals surface area contributed by atoms with E-state index in [-0.39, 0.29) is 18.0 Å². The Morgan fingerprint density at radius 1 is 1.20 bits per heavy atom. The van der Waals surface area contributed by atoms with E-state index in [4.69, 9.17) is 0 Å². The third-order valence-electron chi connectivity index (χ3n) is 4.23. The molecule has 1 aromatic carbocycles. The molecule has 0 aromatic heterocycles. The summed E-state index contributed by atoms with van der Waals surface area (Å²) in [6.45, 7) is 7.07. The maximum absolute atomic E-state index is 13.4. The van der Waals surface area contributed by atoms with Crippen molar-refractivity contribution in [3.63, 3.8) is 0 Å². The molecule has 1 fully saturated rings. The van der Waals surface area contributed by atoms with E-state index in [1.165, 1.54) is 11.0 Å². The van der Waals surface area contributed by atoms with Gasteiger partial charge in [-0.15, -0.1) is 0 Å².